The van der Waals surface area contributed by atoms with Crippen molar-refractivity contribution in [2.45, 2.75) is 44.9 Å². The molecule has 2 aliphatic heterocycles. The summed E-state index contributed by atoms with van der Waals surface area (Å²) in [5, 5.41) is 12.5. The minimum atomic E-state index is -1.48. The smallest absolute Gasteiger partial charge is 0.307 e. The summed E-state index contributed by atoms with van der Waals surface area (Å²) >= 11 is 6.93. The topological polar surface area (TPSA) is 109 Å². The first kappa shape index (κ1) is 34.8. The van der Waals surface area contributed by atoms with E-state index in [1.807, 2.05) is 30.8 Å². The van der Waals surface area contributed by atoms with Crippen LogP contribution in [0, 0.1) is 23.4 Å². The molecule has 1 aliphatic carbocycles. The number of benzene rings is 3. The number of anilines is 1. The van der Waals surface area contributed by atoms with E-state index in [1.54, 1.807) is 29.2 Å². The molecule has 3 heterocycles. The highest BCUT2D eigenvalue weighted by molar-refractivity contribution is 6.36. The first-order chi connectivity index (χ1) is 24.5. The number of hydrogen-bond donors (Lipinski definition) is 2. The zero-order valence-corrected chi connectivity index (χ0v) is 29.1. The van der Waals surface area contributed by atoms with Gasteiger partial charge in [-0.15, -0.1) is 0 Å². The van der Waals surface area contributed by atoms with Crippen molar-refractivity contribution in [2.75, 3.05) is 39.1 Å². The van der Waals surface area contributed by atoms with Crippen LogP contribution in [-0.2, 0) is 37.8 Å². The Morgan fingerprint density at radius 2 is 1.76 bits per heavy atom. The summed E-state index contributed by atoms with van der Waals surface area (Å²) in [4.78, 5) is 33.2. The van der Waals surface area contributed by atoms with Crippen molar-refractivity contribution in [3.8, 4) is 22.6 Å². The molecule has 7 rings (SSSR count). The van der Waals surface area contributed by atoms with Gasteiger partial charge in [-0.2, -0.15) is 8.78 Å². The minimum absolute atomic E-state index is 0.129. The zero-order valence-electron chi connectivity index (χ0n) is 28.4. The van der Waals surface area contributed by atoms with Gasteiger partial charge in [-0.25, -0.2) is 9.37 Å². The molecule has 2 atom stereocenters. The van der Waals surface area contributed by atoms with Gasteiger partial charge in [0.2, 0.25) is 11.6 Å². The minimum Gasteiger partial charge on any atom is -0.493 e. The summed E-state index contributed by atoms with van der Waals surface area (Å²) < 4.78 is 59.8. The Hall–Kier alpha value is -4.59. The van der Waals surface area contributed by atoms with Gasteiger partial charge in [-0.1, -0.05) is 41.9 Å². The number of fused-ring (bicyclic) bond motifs is 2. The molecule has 4 aromatic rings. The molecule has 2 unspecified atom stereocenters. The van der Waals surface area contributed by atoms with Gasteiger partial charge in [0.05, 0.1) is 35.0 Å². The van der Waals surface area contributed by atoms with E-state index in [4.69, 9.17) is 21.1 Å². The van der Waals surface area contributed by atoms with E-state index < -0.39 is 46.9 Å². The number of nitrogens with zero attached hydrogens (tertiary/aromatic N) is 4. The van der Waals surface area contributed by atoms with Crippen LogP contribution in [0.15, 0.2) is 36.4 Å². The average molecular weight is 724 g/mol. The first-order valence-electron chi connectivity index (χ1n) is 16.8. The van der Waals surface area contributed by atoms with E-state index in [2.05, 4.69) is 15.2 Å². The normalized spacial score (nSPS) is 18.8. The number of aliphatic carboxylic acids is 1. The fourth-order valence-electron chi connectivity index (χ4n) is 7.53. The Kier molecular flexibility index (Phi) is 9.46. The van der Waals surface area contributed by atoms with Crippen LogP contribution in [0.3, 0.4) is 0 Å². The summed E-state index contributed by atoms with van der Waals surface area (Å²) in [6, 6.07) is 10.8. The molecule has 0 saturated carbocycles. The summed E-state index contributed by atoms with van der Waals surface area (Å²) in [6.45, 7) is 1.80. The van der Waals surface area contributed by atoms with Gasteiger partial charge < -0.3 is 29.4 Å². The summed E-state index contributed by atoms with van der Waals surface area (Å²) in [7, 11) is 5.01. The number of methoxy groups -OCH3 is 1. The van der Waals surface area contributed by atoms with E-state index in [0.29, 0.717) is 60.0 Å². The monoisotopic (exact) mass is 723 g/mol. The molecule has 2 N–H and O–H groups in total. The molecule has 0 bridgehead atoms. The van der Waals surface area contributed by atoms with Crippen molar-refractivity contribution in [3.05, 3.63) is 92.8 Å². The van der Waals surface area contributed by atoms with Crippen molar-refractivity contribution < 1.29 is 37.3 Å². The van der Waals surface area contributed by atoms with E-state index in [-0.39, 0.29) is 24.6 Å². The fourth-order valence-corrected chi connectivity index (χ4v) is 7.81. The number of likely N-dealkylation sites (tertiary alicyclic amines) is 1. The average Bonchev–Trinajstić information content (AvgIpc) is 3.84. The molecular weight excluding hydrogens is 687 g/mol. The Morgan fingerprint density at radius 3 is 2.51 bits per heavy atom. The number of carbonyl (C=O) groups excluding carboxylic acids is 1. The highest BCUT2D eigenvalue weighted by Crippen LogP contribution is 2.45. The number of carboxylic acid groups (broad SMARTS) is 1. The molecule has 1 aromatic heterocycles. The second-order valence-electron chi connectivity index (χ2n) is 13.4. The van der Waals surface area contributed by atoms with Crippen LogP contribution in [0.2, 0.25) is 5.02 Å². The van der Waals surface area contributed by atoms with Crippen molar-refractivity contribution in [2.24, 2.45) is 13.0 Å². The molecule has 3 aromatic carbocycles. The van der Waals surface area contributed by atoms with Gasteiger partial charge in [0, 0.05) is 50.9 Å². The van der Waals surface area contributed by atoms with Crippen LogP contribution in [-0.4, -0.2) is 70.1 Å². The summed E-state index contributed by atoms with van der Waals surface area (Å²) in [6.07, 6.45) is 1.18. The molecular formula is C37H37ClF3N5O5. The van der Waals surface area contributed by atoms with Crippen LogP contribution in [0.1, 0.15) is 57.6 Å². The maximum absolute atomic E-state index is 15.8. The highest BCUT2D eigenvalue weighted by Gasteiger charge is 2.35. The Morgan fingerprint density at radius 1 is 1.00 bits per heavy atom. The number of imidazole rings is 1. The predicted molar refractivity (Wildman–Crippen MR) is 184 cm³/mol. The number of nitrogens with one attached hydrogen (secondary N) is 1. The number of rotatable bonds is 9. The number of ether oxygens (including phenoxy) is 2. The predicted octanol–water partition coefficient (Wildman–Crippen LogP) is 6.38. The Bertz CT molecular complexity index is 2060. The second-order valence-corrected chi connectivity index (χ2v) is 13.7. The third-order valence-corrected chi connectivity index (χ3v) is 10.6. The molecule has 3 aliphatic rings. The maximum Gasteiger partial charge on any atom is 0.307 e. The third-order valence-electron chi connectivity index (χ3n) is 10.2. The van der Waals surface area contributed by atoms with Gasteiger partial charge in [-0.3, -0.25) is 14.5 Å². The first-order valence-corrected chi connectivity index (χ1v) is 17.1. The number of carboxylic acids is 1. The molecule has 14 heteroatoms. The molecule has 10 nitrogen and oxygen atoms in total. The zero-order chi connectivity index (χ0) is 36.1. The molecule has 51 heavy (non-hydrogen) atoms. The Labute approximate surface area is 297 Å². The van der Waals surface area contributed by atoms with Crippen molar-refractivity contribution in [3.63, 3.8) is 0 Å². The van der Waals surface area contributed by atoms with Crippen molar-refractivity contribution in [1.29, 1.82) is 0 Å². The number of amides is 1. The van der Waals surface area contributed by atoms with Crippen LogP contribution >= 0.6 is 11.6 Å². The number of carbonyl (C=O) groups is 2. The quantitative estimate of drug-likeness (QED) is 0.192. The Balaban J connectivity index is 1.13. The van der Waals surface area contributed by atoms with E-state index in [1.165, 1.54) is 0 Å². The maximum atomic E-state index is 15.8. The van der Waals surface area contributed by atoms with Crippen LogP contribution in [0.25, 0.3) is 11.1 Å². The van der Waals surface area contributed by atoms with Gasteiger partial charge in [0.25, 0.3) is 5.91 Å². The molecule has 1 saturated heterocycles. The van der Waals surface area contributed by atoms with Gasteiger partial charge >= 0.3 is 5.97 Å². The molecule has 268 valence electrons. The summed E-state index contributed by atoms with van der Waals surface area (Å²) in [5.41, 5.74) is 4.90. The standard InChI is InChI=1S/C37H37ClF3N5O5/c1-44-14-13-27-26(18-44)42-35(45(27)2)36(47)43-25-9-5-8-23(29(25)38)20-6-4-7-22-21(20)10-11-28(22)51-34-31(40)30(39)24(33(50-3)32(34)41)17-46-15-12-19(16-46)37(48)49/h4-9,19,28H,10-18H2,1-3H3,(H,43,47)(H,48,49). The fraction of sp³-hybridized carbons (Fsp3) is 0.378. The molecule has 1 fully saturated rings. The lowest BCUT2D eigenvalue weighted by atomic mass is 9.96. The van der Waals surface area contributed by atoms with E-state index in [0.717, 1.165) is 42.6 Å². The third kappa shape index (κ3) is 6.31. The van der Waals surface area contributed by atoms with Crippen molar-refractivity contribution in [1.82, 2.24) is 19.4 Å². The largest absolute Gasteiger partial charge is 0.493 e. The van der Waals surface area contributed by atoms with Gasteiger partial charge in [0.1, 0.15) is 6.10 Å². The molecule has 0 spiro atoms. The van der Waals surface area contributed by atoms with Gasteiger partial charge in [0.15, 0.2) is 23.1 Å². The lowest BCUT2D eigenvalue weighted by Gasteiger charge is -2.22. The number of halogens is 4. The van der Waals surface area contributed by atoms with Gasteiger partial charge in [-0.05, 0) is 55.6 Å². The summed E-state index contributed by atoms with van der Waals surface area (Å²) in [5.74, 6) is -7.03. The highest BCUT2D eigenvalue weighted by atomic mass is 35.5. The van der Waals surface area contributed by atoms with E-state index in [9.17, 15) is 14.7 Å². The number of likely N-dealkylation sites (N-methyl/N-ethyl adjacent to an activating group) is 1. The van der Waals surface area contributed by atoms with Crippen LogP contribution in [0.5, 0.6) is 11.5 Å². The van der Waals surface area contributed by atoms with E-state index >= 15 is 13.2 Å². The SMILES string of the molecule is COc1c(F)c(OC2CCc3c(-c4cccc(NC(=O)c5nc6c(n5C)CCN(C)C6)c4Cl)cccc32)c(F)c(F)c1CN1CCC(C(=O)O)C1. The van der Waals surface area contributed by atoms with Crippen LogP contribution in [0.4, 0.5) is 18.9 Å². The number of hydrogen-bond acceptors (Lipinski definition) is 7. The molecule has 0 radical (unpaired) electrons. The second kappa shape index (κ2) is 13.9. The molecule has 1 amide bonds. The number of aromatic nitrogens is 2. The lowest BCUT2D eigenvalue weighted by molar-refractivity contribution is -0.141. The van der Waals surface area contributed by atoms with Crippen LogP contribution < -0.4 is 14.8 Å². The van der Waals surface area contributed by atoms with Crippen molar-refractivity contribution >= 4 is 29.2 Å². The lowest BCUT2D eigenvalue weighted by Crippen LogP contribution is -2.27.